The van der Waals surface area contributed by atoms with E-state index in [4.69, 9.17) is 6.42 Å². The standard InChI is InChI=1S/C8H14N2O/c1-4-7-10(6-3)8(11)9-5-2/h1H,5-7H2,2-3H3,(H,9,11). The Morgan fingerprint density at radius 1 is 1.64 bits per heavy atom. The number of carbonyl (C=O) groups excluding carboxylic acids is 1. The van der Waals surface area contributed by atoms with Crippen molar-refractivity contribution in [3.63, 3.8) is 0 Å². The van der Waals surface area contributed by atoms with E-state index in [0.717, 1.165) is 0 Å². The first kappa shape index (κ1) is 9.83. The number of urea groups is 1. The highest BCUT2D eigenvalue weighted by Gasteiger charge is 2.06. The number of hydrogen-bond donors (Lipinski definition) is 1. The summed E-state index contributed by atoms with van der Waals surface area (Å²) in [5.74, 6) is 2.42. The zero-order valence-electron chi connectivity index (χ0n) is 7.05. The second-order valence-electron chi connectivity index (χ2n) is 2.05. The summed E-state index contributed by atoms with van der Waals surface area (Å²) in [7, 11) is 0. The van der Waals surface area contributed by atoms with Crippen LogP contribution in [0.3, 0.4) is 0 Å². The lowest BCUT2D eigenvalue weighted by molar-refractivity contribution is 0.207. The van der Waals surface area contributed by atoms with Gasteiger partial charge >= 0.3 is 6.03 Å². The molecule has 0 atom stereocenters. The van der Waals surface area contributed by atoms with Crippen LogP contribution in [0.2, 0.25) is 0 Å². The van der Waals surface area contributed by atoms with Gasteiger partial charge in [0.05, 0.1) is 6.54 Å². The van der Waals surface area contributed by atoms with Crippen LogP contribution in [0.25, 0.3) is 0 Å². The highest BCUT2D eigenvalue weighted by molar-refractivity contribution is 5.74. The van der Waals surface area contributed by atoms with Crippen LogP contribution in [0.15, 0.2) is 0 Å². The van der Waals surface area contributed by atoms with Gasteiger partial charge in [0.25, 0.3) is 0 Å². The fraction of sp³-hybridized carbons (Fsp3) is 0.625. The normalized spacial score (nSPS) is 8.45. The molecule has 3 heteroatoms. The molecule has 0 aliphatic rings. The van der Waals surface area contributed by atoms with Crippen LogP contribution < -0.4 is 5.32 Å². The van der Waals surface area contributed by atoms with Gasteiger partial charge in [-0.05, 0) is 13.8 Å². The fourth-order valence-corrected chi connectivity index (χ4v) is 0.700. The molecule has 0 bridgehead atoms. The minimum absolute atomic E-state index is 0.0899. The summed E-state index contributed by atoms with van der Waals surface area (Å²) in [5, 5.41) is 2.67. The van der Waals surface area contributed by atoms with Crippen molar-refractivity contribution in [3.05, 3.63) is 0 Å². The number of hydrogen-bond acceptors (Lipinski definition) is 1. The molecule has 3 nitrogen and oxygen atoms in total. The molecule has 0 spiro atoms. The van der Waals surface area contributed by atoms with Crippen molar-refractivity contribution in [2.24, 2.45) is 0 Å². The Hall–Kier alpha value is -1.17. The van der Waals surface area contributed by atoms with Crippen molar-refractivity contribution >= 4 is 6.03 Å². The minimum atomic E-state index is -0.0899. The molecule has 2 amide bonds. The molecule has 0 saturated heterocycles. The average molecular weight is 154 g/mol. The van der Waals surface area contributed by atoms with Crippen LogP contribution in [-0.2, 0) is 0 Å². The van der Waals surface area contributed by atoms with Crippen LogP contribution in [-0.4, -0.2) is 30.6 Å². The van der Waals surface area contributed by atoms with Gasteiger partial charge in [0.15, 0.2) is 0 Å². The molecule has 0 heterocycles. The topological polar surface area (TPSA) is 32.3 Å². The fourth-order valence-electron chi connectivity index (χ4n) is 0.700. The van der Waals surface area contributed by atoms with E-state index in [1.807, 2.05) is 13.8 Å². The first-order valence-corrected chi connectivity index (χ1v) is 3.72. The predicted octanol–water partition coefficient (Wildman–Crippen LogP) is 0.671. The lowest BCUT2D eigenvalue weighted by Crippen LogP contribution is -2.39. The van der Waals surface area contributed by atoms with Gasteiger partial charge in [-0.25, -0.2) is 4.79 Å². The van der Waals surface area contributed by atoms with E-state index in [0.29, 0.717) is 19.6 Å². The molecular formula is C8H14N2O. The summed E-state index contributed by atoms with van der Waals surface area (Å²) >= 11 is 0. The number of carbonyl (C=O) groups is 1. The summed E-state index contributed by atoms with van der Waals surface area (Å²) in [6.07, 6.45) is 5.07. The molecule has 0 radical (unpaired) electrons. The number of rotatable bonds is 3. The summed E-state index contributed by atoms with van der Waals surface area (Å²) in [6.45, 7) is 5.44. The third kappa shape index (κ3) is 3.51. The van der Waals surface area contributed by atoms with Crippen molar-refractivity contribution in [3.8, 4) is 12.3 Å². The number of nitrogens with one attached hydrogen (secondary N) is 1. The highest BCUT2D eigenvalue weighted by atomic mass is 16.2. The third-order valence-corrected chi connectivity index (χ3v) is 1.28. The molecule has 0 rings (SSSR count). The third-order valence-electron chi connectivity index (χ3n) is 1.28. The second kappa shape index (κ2) is 5.60. The van der Waals surface area contributed by atoms with E-state index in [1.165, 1.54) is 0 Å². The minimum Gasteiger partial charge on any atom is -0.338 e. The monoisotopic (exact) mass is 154 g/mol. The second-order valence-corrected chi connectivity index (χ2v) is 2.05. The van der Waals surface area contributed by atoms with Gasteiger partial charge in [-0.2, -0.15) is 0 Å². The summed E-state index contributed by atoms with van der Waals surface area (Å²) in [4.78, 5) is 12.7. The van der Waals surface area contributed by atoms with E-state index in [-0.39, 0.29) is 6.03 Å². The smallest absolute Gasteiger partial charge is 0.318 e. The lowest BCUT2D eigenvalue weighted by atomic mass is 10.5. The van der Waals surface area contributed by atoms with E-state index in [2.05, 4.69) is 11.2 Å². The number of nitrogens with zero attached hydrogens (tertiary/aromatic N) is 1. The molecule has 11 heavy (non-hydrogen) atoms. The molecule has 0 aromatic heterocycles. The maximum Gasteiger partial charge on any atom is 0.318 e. The molecule has 62 valence electrons. The summed E-state index contributed by atoms with van der Waals surface area (Å²) in [5.41, 5.74) is 0. The Labute approximate surface area is 67.8 Å². The number of amides is 2. The van der Waals surface area contributed by atoms with Gasteiger partial charge in [-0.3, -0.25) is 0 Å². The molecule has 0 saturated carbocycles. The van der Waals surface area contributed by atoms with E-state index >= 15 is 0 Å². The van der Waals surface area contributed by atoms with Crippen LogP contribution >= 0.6 is 0 Å². The average Bonchev–Trinajstić information content (AvgIpc) is 2.00. The maximum atomic E-state index is 11.1. The molecule has 0 fully saturated rings. The molecular weight excluding hydrogens is 140 g/mol. The zero-order valence-corrected chi connectivity index (χ0v) is 7.05. The maximum absolute atomic E-state index is 11.1. The van der Waals surface area contributed by atoms with Gasteiger partial charge in [-0.15, -0.1) is 6.42 Å². The Morgan fingerprint density at radius 2 is 2.27 bits per heavy atom. The quantitative estimate of drug-likeness (QED) is 0.595. The van der Waals surface area contributed by atoms with Crippen LogP contribution in [0.1, 0.15) is 13.8 Å². The lowest BCUT2D eigenvalue weighted by Gasteiger charge is -2.17. The van der Waals surface area contributed by atoms with Crippen LogP contribution in [0, 0.1) is 12.3 Å². The van der Waals surface area contributed by atoms with Crippen molar-refractivity contribution in [1.29, 1.82) is 0 Å². The number of terminal acetylenes is 1. The van der Waals surface area contributed by atoms with Gasteiger partial charge in [-0.1, -0.05) is 5.92 Å². The molecule has 0 aliphatic carbocycles. The van der Waals surface area contributed by atoms with E-state index in [1.54, 1.807) is 4.90 Å². The van der Waals surface area contributed by atoms with Crippen molar-refractivity contribution in [2.75, 3.05) is 19.6 Å². The van der Waals surface area contributed by atoms with Crippen molar-refractivity contribution in [1.82, 2.24) is 10.2 Å². The SMILES string of the molecule is C#CCN(CC)C(=O)NCC. The Balaban J connectivity index is 3.83. The molecule has 0 unspecified atom stereocenters. The highest BCUT2D eigenvalue weighted by Crippen LogP contribution is 1.86. The first-order valence-electron chi connectivity index (χ1n) is 3.72. The molecule has 1 N–H and O–H groups in total. The van der Waals surface area contributed by atoms with E-state index < -0.39 is 0 Å². The van der Waals surface area contributed by atoms with Crippen molar-refractivity contribution in [2.45, 2.75) is 13.8 Å². The first-order chi connectivity index (χ1) is 5.26. The molecule has 0 aromatic carbocycles. The van der Waals surface area contributed by atoms with Crippen molar-refractivity contribution < 1.29 is 4.79 Å². The van der Waals surface area contributed by atoms with E-state index in [9.17, 15) is 4.79 Å². The van der Waals surface area contributed by atoms with Gasteiger partial charge in [0, 0.05) is 13.1 Å². The Morgan fingerprint density at radius 3 is 2.64 bits per heavy atom. The Kier molecular flexibility index (Phi) is 5.01. The van der Waals surface area contributed by atoms with Gasteiger partial charge < -0.3 is 10.2 Å². The van der Waals surface area contributed by atoms with Gasteiger partial charge in [0.2, 0.25) is 0 Å². The van der Waals surface area contributed by atoms with Crippen LogP contribution in [0.4, 0.5) is 4.79 Å². The summed E-state index contributed by atoms with van der Waals surface area (Å²) < 4.78 is 0. The van der Waals surface area contributed by atoms with Gasteiger partial charge in [0.1, 0.15) is 0 Å². The largest absolute Gasteiger partial charge is 0.338 e. The molecule has 0 aromatic rings. The molecule has 0 aliphatic heterocycles. The van der Waals surface area contributed by atoms with Crippen LogP contribution in [0.5, 0.6) is 0 Å². The Bertz CT molecular complexity index is 160. The zero-order chi connectivity index (χ0) is 8.69. The predicted molar refractivity (Wildman–Crippen MR) is 45.2 cm³/mol. The summed E-state index contributed by atoms with van der Waals surface area (Å²) in [6, 6.07) is -0.0899.